The Bertz CT molecular complexity index is 1020. The van der Waals surface area contributed by atoms with Gasteiger partial charge in [0.25, 0.3) is 0 Å². The lowest BCUT2D eigenvalue weighted by Crippen LogP contribution is -2.19. The summed E-state index contributed by atoms with van der Waals surface area (Å²) in [5, 5.41) is 5.34. The molecule has 0 unspecified atom stereocenters. The molecular weight excluding hydrogens is 355 g/mol. The van der Waals surface area contributed by atoms with Crippen LogP contribution in [0.15, 0.2) is 103 Å². The van der Waals surface area contributed by atoms with Gasteiger partial charge in [0.05, 0.1) is 0 Å². The van der Waals surface area contributed by atoms with Gasteiger partial charge in [0.1, 0.15) is 0 Å². The van der Waals surface area contributed by atoms with Gasteiger partial charge in [-0.25, -0.2) is 0 Å². The van der Waals surface area contributed by atoms with Crippen molar-refractivity contribution in [1.29, 1.82) is 0 Å². The van der Waals surface area contributed by atoms with Crippen molar-refractivity contribution in [3.8, 4) is 0 Å². The zero-order chi connectivity index (χ0) is 18.8. The van der Waals surface area contributed by atoms with E-state index in [2.05, 4.69) is 122 Å². The summed E-state index contributed by atoms with van der Waals surface area (Å²) in [6.45, 7) is 0. The second kappa shape index (κ2) is 7.90. The third-order valence-corrected chi connectivity index (χ3v) is 7.62. The lowest BCUT2D eigenvalue weighted by Gasteiger charge is -2.29. The molecule has 1 aliphatic rings. The van der Waals surface area contributed by atoms with Crippen molar-refractivity contribution in [2.45, 2.75) is 0 Å². The average Bonchev–Trinajstić information content (AvgIpc) is 3.24. The zero-order valence-corrected chi connectivity index (χ0v) is 16.4. The fourth-order valence-electron chi connectivity index (χ4n) is 3.79. The van der Waals surface area contributed by atoms with E-state index in [-0.39, 0.29) is 0 Å². The monoisotopic (exact) mass is 375 g/mol. The van der Waals surface area contributed by atoms with Gasteiger partial charge >= 0.3 is 0 Å². The van der Waals surface area contributed by atoms with E-state index in [9.17, 15) is 0 Å². The molecule has 0 spiro atoms. The van der Waals surface area contributed by atoms with Crippen molar-refractivity contribution in [2.75, 3.05) is 0 Å². The first-order valence-corrected chi connectivity index (χ1v) is 10.9. The topological polar surface area (TPSA) is 0 Å². The van der Waals surface area contributed by atoms with Gasteiger partial charge < -0.3 is 0 Å². The van der Waals surface area contributed by atoms with Crippen LogP contribution in [0.2, 0.25) is 0 Å². The normalized spacial score (nSPS) is 15.5. The van der Waals surface area contributed by atoms with Crippen LogP contribution >= 0.6 is 7.92 Å². The Morgan fingerprint density at radius 1 is 0.500 bits per heavy atom. The maximum absolute atomic E-state index is 2.32. The predicted molar refractivity (Wildman–Crippen MR) is 122 cm³/mol. The van der Waals surface area contributed by atoms with Crippen LogP contribution in [0.5, 0.6) is 0 Å². The van der Waals surface area contributed by atoms with Crippen molar-refractivity contribution in [3.63, 3.8) is 0 Å². The minimum absolute atomic E-state index is 0.597. The molecule has 0 N–H and O–H groups in total. The molecule has 1 fully saturated rings. The molecule has 5 radical (unpaired) electrons. The fourth-order valence-corrected chi connectivity index (χ4v) is 6.26. The number of fused-ring (bicyclic) bond motifs is 1. The number of hydrogen-bond donors (Lipinski definition) is 0. The summed E-state index contributed by atoms with van der Waals surface area (Å²) in [4.78, 5) is 0. The van der Waals surface area contributed by atoms with Gasteiger partial charge in [-0.05, 0) is 54.1 Å². The van der Waals surface area contributed by atoms with Gasteiger partial charge in [0.15, 0.2) is 0 Å². The van der Waals surface area contributed by atoms with Crippen molar-refractivity contribution < 1.29 is 0 Å². The van der Waals surface area contributed by atoms with E-state index in [0.29, 0.717) is 0 Å². The molecule has 0 atom stereocenters. The van der Waals surface area contributed by atoms with Crippen LogP contribution in [0.3, 0.4) is 0 Å². The highest BCUT2D eigenvalue weighted by atomic mass is 31.1. The Balaban J connectivity index is 1.57. The Hall–Kier alpha value is -2.43. The highest BCUT2D eigenvalue weighted by Crippen LogP contribution is 2.57. The maximum Gasteiger partial charge on any atom is 0.0242 e. The molecule has 0 bridgehead atoms. The first kappa shape index (κ1) is 17.7. The highest BCUT2D eigenvalue weighted by molar-refractivity contribution is 7.76. The first-order valence-electron chi connectivity index (χ1n) is 9.55. The van der Waals surface area contributed by atoms with Crippen LogP contribution in [0, 0.1) is 30.8 Å². The summed E-state index contributed by atoms with van der Waals surface area (Å²) in [5.74, 6) is 1.34. The molecule has 28 heavy (non-hydrogen) atoms. The number of rotatable bonds is 4. The maximum atomic E-state index is 2.32. The van der Waals surface area contributed by atoms with Crippen LogP contribution in [-0.4, -0.2) is 0 Å². The lowest BCUT2D eigenvalue weighted by molar-refractivity contribution is 1.26. The van der Waals surface area contributed by atoms with E-state index in [1.54, 1.807) is 0 Å². The lowest BCUT2D eigenvalue weighted by atomic mass is 9.95. The fraction of sp³-hybridized carbons (Fsp3) is 0. The Kier molecular flexibility index (Phi) is 4.98. The van der Waals surface area contributed by atoms with Crippen molar-refractivity contribution in [2.24, 2.45) is 0 Å². The van der Waals surface area contributed by atoms with Gasteiger partial charge in [-0.1, -0.05) is 103 Å². The van der Waals surface area contributed by atoms with Gasteiger partial charge in [-0.15, -0.1) is 0 Å². The van der Waals surface area contributed by atoms with E-state index in [4.69, 9.17) is 0 Å². The zero-order valence-electron chi connectivity index (χ0n) is 15.5. The van der Waals surface area contributed by atoms with E-state index in [0.717, 1.165) is 0 Å². The smallest absolute Gasteiger partial charge is 0.0242 e. The molecule has 0 aliphatic heterocycles. The minimum Gasteiger partial charge on any atom is -0.0622 e. The van der Waals surface area contributed by atoms with Crippen molar-refractivity contribution in [3.05, 3.63) is 140 Å². The van der Waals surface area contributed by atoms with Gasteiger partial charge in [0.2, 0.25) is 0 Å². The second-order valence-corrected chi connectivity index (χ2v) is 9.08. The van der Waals surface area contributed by atoms with E-state index in [1.165, 1.54) is 38.5 Å². The second-order valence-electron chi connectivity index (χ2n) is 6.89. The molecule has 5 rings (SSSR count). The van der Waals surface area contributed by atoms with Crippen molar-refractivity contribution in [1.82, 2.24) is 0 Å². The molecule has 0 saturated heterocycles. The summed E-state index contributed by atoms with van der Waals surface area (Å²) in [5.41, 5.74) is 2.71. The first-order chi connectivity index (χ1) is 13.9. The summed E-state index contributed by atoms with van der Waals surface area (Å²) < 4.78 is 0. The summed E-state index contributed by atoms with van der Waals surface area (Å²) >= 11 is 0. The predicted octanol–water partition coefficient (Wildman–Crippen LogP) is 6.05. The van der Waals surface area contributed by atoms with Crippen molar-refractivity contribution >= 4 is 29.3 Å². The Morgan fingerprint density at radius 2 is 1.11 bits per heavy atom. The molecule has 0 aromatic heterocycles. The van der Waals surface area contributed by atoms with E-state index >= 15 is 0 Å². The molecule has 4 aromatic rings. The van der Waals surface area contributed by atoms with Gasteiger partial charge in [0, 0.05) is 11.6 Å². The van der Waals surface area contributed by atoms with Crippen LogP contribution in [0.4, 0.5) is 0 Å². The van der Waals surface area contributed by atoms with Gasteiger partial charge in [-0.2, -0.15) is 0 Å². The third-order valence-electron chi connectivity index (χ3n) is 5.12. The molecule has 1 heteroatoms. The quantitative estimate of drug-likeness (QED) is 0.381. The average molecular weight is 375 g/mol. The Labute approximate surface area is 169 Å². The van der Waals surface area contributed by atoms with Crippen LogP contribution in [-0.2, 0) is 0 Å². The van der Waals surface area contributed by atoms with Crippen LogP contribution in [0.25, 0.3) is 10.8 Å². The molecular formula is C27H20P. The molecule has 0 amide bonds. The molecule has 1 aliphatic carbocycles. The van der Waals surface area contributed by atoms with Gasteiger partial charge in [-0.3, -0.25) is 0 Å². The van der Waals surface area contributed by atoms with Crippen LogP contribution < -0.4 is 10.6 Å². The molecule has 0 heterocycles. The minimum atomic E-state index is -0.597. The van der Waals surface area contributed by atoms with Crippen LogP contribution in [0.1, 0.15) is 5.56 Å². The molecule has 133 valence electrons. The highest BCUT2D eigenvalue weighted by Gasteiger charge is 2.37. The SMILES string of the molecule is [CH]1[CH][C](c2ccc3ccccc3c2)[C](P(c2ccccc2)c2ccccc2)[CH]1. The number of benzene rings is 4. The molecule has 1 saturated carbocycles. The summed E-state index contributed by atoms with van der Waals surface area (Å²) in [6.07, 6.45) is 6.76. The largest absolute Gasteiger partial charge is 0.0622 e. The Morgan fingerprint density at radius 3 is 1.79 bits per heavy atom. The molecule has 0 nitrogen and oxygen atoms in total. The molecule has 4 aromatic carbocycles. The summed E-state index contributed by atoms with van der Waals surface area (Å²) in [6, 6.07) is 37.2. The standard InChI is InChI=1S/C27H20P/c1-3-12-24(13-4-1)28(25-14-5-2-6-15-25)27-17-9-16-26(27)23-19-18-21-10-7-8-11-22(21)20-23/h1-20H. The summed E-state index contributed by atoms with van der Waals surface area (Å²) in [7, 11) is -0.597. The third kappa shape index (κ3) is 3.38. The van der Waals surface area contributed by atoms with E-state index in [1.807, 2.05) is 0 Å². The van der Waals surface area contributed by atoms with E-state index < -0.39 is 7.92 Å². The number of hydrogen-bond acceptors (Lipinski definition) is 0.